The molecule has 3 heteroatoms. The van der Waals surface area contributed by atoms with Gasteiger partial charge in [-0.2, -0.15) is 0 Å². The van der Waals surface area contributed by atoms with E-state index in [1.54, 1.807) is 0 Å². The summed E-state index contributed by atoms with van der Waals surface area (Å²) in [5.74, 6) is -0.226. The molecule has 1 aliphatic carbocycles. The van der Waals surface area contributed by atoms with Gasteiger partial charge in [0.05, 0.1) is 6.42 Å². The molecule has 28 heavy (non-hydrogen) atoms. The van der Waals surface area contributed by atoms with Crippen LogP contribution in [0.5, 0.6) is 0 Å². The third-order valence-corrected chi connectivity index (χ3v) is 6.01. The van der Waals surface area contributed by atoms with Crippen molar-refractivity contribution in [3.8, 4) is 0 Å². The third kappa shape index (κ3) is 4.10. The number of nitrogens with one attached hydrogen (secondary N) is 1. The molecule has 3 aromatic rings. The van der Waals surface area contributed by atoms with Crippen LogP contribution in [0, 0.1) is 0 Å². The van der Waals surface area contributed by atoms with E-state index in [1.165, 1.54) is 34.7 Å². The highest BCUT2D eigenvalue weighted by atomic mass is 16.4. The minimum Gasteiger partial charge on any atom is -0.481 e. The number of hydrogen-bond donors (Lipinski definition) is 2. The molecule has 3 nitrogen and oxygen atoms in total. The maximum Gasteiger partial charge on any atom is 0.307 e. The molecule has 0 radical (unpaired) electrons. The van der Waals surface area contributed by atoms with Gasteiger partial charge in [0.25, 0.3) is 0 Å². The van der Waals surface area contributed by atoms with Gasteiger partial charge in [-0.1, -0.05) is 66.7 Å². The Kier molecular flexibility index (Phi) is 5.45. The lowest BCUT2D eigenvalue weighted by Gasteiger charge is -2.21. The first-order valence-electron chi connectivity index (χ1n) is 10.1. The lowest BCUT2D eigenvalue weighted by Crippen LogP contribution is -2.29. The zero-order chi connectivity index (χ0) is 19.5. The second-order valence-corrected chi connectivity index (χ2v) is 7.98. The molecule has 144 valence electrons. The van der Waals surface area contributed by atoms with Crippen molar-refractivity contribution in [2.24, 2.45) is 0 Å². The molecule has 0 aliphatic heterocycles. The summed E-state index contributed by atoms with van der Waals surface area (Å²) in [7, 11) is 0. The van der Waals surface area contributed by atoms with Crippen molar-refractivity contribution >= 4 is 16.7 Å². The van der Waals surface area contributed by atoms with Crippen LogP contribution in [-0.2, 0) is 11.2 Å². The molecule has 3 aromatic carbocycles. The van der Waals surface area contributed by atoms with Gasteiger partial charge < -0.3 is 10.4 Å². The van der Waals surface area contributed by atoms with Gasteiger partial charge in [-0.25, -0.2) is 0 Å². The Labute approximate surface area is 166 Å². The molecule has 1 saturated carbocycles. The maximum atomic E-state index is 10.8. The first-order valence-corrected chi connectivity index (χ1v) is 10.1. The zero-order valence-electron chi connectivity index (χ0n) is 16.3. The second kappa shape index (κ2) is 8.15. The Balaban J connectivity index is 1.41. The molecule has 0 aromatic heterocycles. The van der Waals surface area contributed by atoms with E-state index >= 15 is 0 Å². The molecular formula is C25H27NO2. The van der Waals surface area contributed by atoms with Gasteiger partial charge in [0.1, 0.15) is 0 Å². The summed E-state index contributed by atoms with van der Waals surface area (Å²) in [6.45, 7) is 2.26. The van der Waals surface area contributed by atoms with E-state index < -0.39 is 5.97 Å². The Hall–Kier alpha value is -2.65. The zero-order valence-corrected chi connectivity index (χ0v) is 16.3. The Bertz CT molecular complexity index is 958. The van der Waals surface area contributed by atoms with E-state index in [4.69, 9.17) is 5.11 Å². The number of carbonyl (C=O) groups is 1. The number of fused-ring (bicyclic) bond motifs is 1. The molecule has 0 heterocycles. The third-order valence-electron chi connectivity index (χ3n) is 6.01. The summed E-state index contributed by atoms with van der Waals surface area (Å²) in [6.07, 6.45) is 3.58. The van der Waals surface area contributed by atoms with Crippen LogP contribution in [0.3, 0.4) is 0 Å². The number of carboxylic acid groups (broad SMARTS) is 1. The van der Waals surface area contributed by atoms with Crippen LogP contribution in [0.1, 0.15) is 54.8 Å². The molecule has 4 rings (SSSR count). The first kappa shape index (κ1) is 18.7. The lowest BCUT2D eigenvalue weighted by atomic mass is 9.95. The summed E-state index contributed by atoms with van der Waals surface area (Å²) in [5, 5.41) is 15.4. The van der Waals surface area contributed by atoms with Crippen molar-refractivity contribution in [2.75, 3.05) is 0 Å². The Morgan fingerprint density at radius 1 is 1.04 bits per heavy atom. The van der Waals surface area contributed by atoms with E-state index in [-0.39, 0.29) is 6.42 Å². The van der Waals surface area contributed by atoms with Crippen molar-refractivity contribution in [1.82, 2.24) is 5.32 Å². The van der Waals surface area contributed by atoms with Crippen LogP contribution in [0.2, 0.25) is 0 Å². The van der Waals surface area contributed by atoms with E-state index in [9.17, 15) is 4.79 Å². The van der Waals surface area contributed by atoms with Gasteiger partial charge in [0, 0.05) is 12.1 Å². The monoisotopic (exact) mass is 373 g/mol. The standard InChI is InChI=1S/C25H27NO2/c1-17(23-8-4-6-20-5-2-3-7-24(20)23)26-22-14-13-21(16-22)19-11-9-18(10-12-19)15-25(27)28/h2-12,17,21-22,26H,13-16H2,1H3,(H,27,28)/t17-,21-,22?/m1/s1. The predicted molar refractivity (Wildman–Crippen MR) is 114 cm³/mol. The van der Waals surface area contributed by atoms with Gasteiger partial charge >= 0.3 is 5.97 Å². The maximum absolute atomic E-state index is 10.8. The van der Waals surface area contributed by atoms with E-state index in [1.807, 2.05) is 12.1 Å². The fraction of sp³-hybridized carbons (Fsp3) is 0.320. The van der Waals surface area contributed by atoms with Crippen molar-refractivity contribution in [3.05, 3.63) is 83.4 Å². The molecular weight excluding hydrogens is 346 g/mol. The van der Waals surface area contributed by atoms with Crippen LogP contribution in [0.25, 0.3) is 10.8 Å². The van der Waals surface area contributed by atoms with E-state index in [0.717, 1.165) is 12.0 Å². The molecule has 0 bridgehead atoms. The van der Waals surface area contributed by atoms with Gasteiger partial charge in [-0.05, 0) is 59.6 Å². The number of benzene rings is 3. The Morgan fingerprint density at radius 2 is 1.79 bits per heavy atom. The van der Waals surface area contributed by atoms with Crippen LogP contribution in [-0.4, -0.2) is 17.1 Å². The van der Waals surface area contributed by atoms with Crippen LogP contribution >= 0.6 is 0 Å². The first-order chi connectivity index (χ1) is 13.6. The van der Waals surface area contributed by atoms with Crippen molar-refractivity contribution < 1.29 is 9.90 Å². The van der Waals surface area contributed by atoms with Crippen LogP contribution in [0.4, 0.5) is 0 Å². The number of aliphatic carboxylic acids is 1. The van der Waals surface area contributed by atoms with Gasteiger partial charge in [0.15, 0.2) is 0 Å². The molecule has 2 N–H and O–H groups in total. The molecule has 1 fully saturated rings. The molecule has 0 amide bonds. The fourth-order valence-electron chi connectivity index (χ4n) is 4.59. The quantitative estimate of drug-likeness (QED) is 0.604. The summed E-state index contributed by atoms with van der Waals surface area (Å²) in [4.78, 5) is 10.8. The van der Waals surface area contributed by atoms with Crippen LogP contribution < -0.4 is 5.32 Å². The van der Waals surface area contributed by atoms with Crippen molar-refractivity contribution in [3.63, 3.8) is 0 Å². The van der Waals surface area contributed by atoms with Gasteiger partial charge in [-0.15, -0.1) is 0 Å². The fourth-order valence-corrected chi connectivity index (χ4v) is 4.59. The highest BCUT2D eigenvalue weighted by molar-refractivity contribution is 5.86. The van der Waals surface area contributed by atoms with Crippen LogP contribution in [0.15, 0.2) is 66.7 Å². The summed E-state index contributed by atoms with van der Waals surface area (Å²) >= 11 is 0. The summed E-state index contributed by atoms with van der Waals surface area (Å²) in [5.41, 5.74) is 3.56. The average Bonchev–Trinajstić information content (AvgIpc) is 3.16. The van der Waals surface area contributed by atoms with Crippen molar-refractivity contribution in [2.45, 2.75) is 50.6 Å². The highest BCUT2D eigenvalue weighted by Crippen LogP contribution is 2.36. The minimum absolute atomic E-state index is 0.0949. The molecule has 0 spiro atoms. The second-order valence-electron chi connectivity index (χ2n) is 7.98. The van der Waals surface area contributed by atoms with E-state index in [0.29, 0.717) is 18.0 Å². The normalized spacial score (nSPS) is 20.3. The van der Waals surface area contributed by atoms with Gasteiger partial charge in [0.2, 0.25) is 0 Å². The molecule has 1 aliphatic rings. The predicted octanol–water partition coefficient (Wildman–Crippen LogP) is 5.45. The molecule has 1 unspecified atom stereocenters. The number of carboxylic acids is 1. The highest BCUT2D eigenvalue weighted by Gasteiger charge is 2.27. The molecule has 3 atom stereocenters. The molecule has 0 saturated heterocycles. The largest absolute Gasteiger partial charge is 0.481 e. The summed E-state index contributed by atoms with van der Waals surface area (Å²) in [6, 6.07) is 24.1. The summed E-state index contributed by atoms with van der Waals surface area (Å²) < 4.78 is 0. The SMILES string of the molecule is C[C@@H](NC1CC[C@@H](c2ccc(CC(=O)O)cc2)C1)c1cccc2ccccc12. The topological polar surface area (TPSA) is 49.3 Å². The van der Waals surface area contributed by atoms with Gasteiger partial charge in [-0.3, -0.25) is 4.79 Å². The number of rotatable bonds is 6. The average molecular weight is 373 g/mol. The smallest absolute Gasteiger partial charge is 0.307 e. The minimum atomic E-state index is -0.777. The lowest BCUT2D eigenvalue weighted by molar-refractivity contribution is -0.136. The van der Waals surface area contributed by atoms with E-state index in [2.05, 4.69) is 66.8 Å². The number of hydrogen-bond acceptors (Lipinski definition) is 2. The Morgan fingerprint density at radius 3 is 2.57 bits per heavy atom. The van der Waals surface area contributed by atoms with Crippen molar-refractivity contribution in [1.29, 1.82) is 0 Å².